The number of alkyl carbamates (subject to hydrolysis) is 1. The van der Waals surface area contributed by atoms with Gasteiger partial charge >= 0.3 is 12.1 Å². The molecule has 0 bridgehead atoms. The highest BCUT2D eigenvalue weighted by molar-refractivity contribution is 6.31. The van der Waals surface area contributed by atoms with Crippen LogP contribution in [0, 0.1) is 11.8 Å². The lowest BCUT2D eigenvalue weighted by molar-refractivity contribution is -0.150. The van der Waals surface area contributed by atoms with Crippen LogP contribution in [0.1, 0.15) is 72.6 Å². The minimum absolute atomic E-state index is 0.0881. The first-order valence-electron chi connectivity index (χ1n) is 16.5. The molecule has 1 aliphatic heterocycles. The quantitative estimate of drug-likeness (QED) is 0.256. The van der Waals surface area contributed by atoms with Gasteiger partial charge in [0.2, 0.25) is 11.8 Å². The van der Waals surface area contributed by atoms with Crippen LogP contribution in [0.5, 0.6) is 5.75 Å². The summed E-state index contributed by atoms with van der Waals surface area (Å²) in [5.74, 6) is -1.29. The number of amides is 3. The summed E-state index contributed by atoms with van der Waals surface area (Å²) in [6, 6.07) is 5.17. The number of likely N-dealkylation sites (tertiary alicyclic amines) is 1. The monoisotopic (exact) mass is 668 g/mol. The van der Waals surface area contributed by atoms with Crippen LogP contribution in [-0.4, -0.2) is 76.2 Å². The normalized spacial score (nSPS) is 25.0. The molecule has 2 N–H and O–H groups in total. The third-order valence-electron chi connectivity index (χ3n) is 9.15. The van der Waals surface area contributed by atoms with E-state index in [2.05, 4.69) is 22.2 Å². The number of rotatable bonds is 10. The first kappa shape index (κ1) is 34.5. The molecule has 11 nitrogen and oxygen atoms in total. The van der Waals surface area contributed by atoms with E-state index in [0.29, 0.717) is 22.7 Å². The van der Waals surface area contributed by atoms with Crippen molar-refractivity contribution in [1.29, 1.82) is 0 Å². The van der Waals surface area contributed by atoms with E-state index in [-0.39, 0.29) is 37.3 Å². The lowest BCUT2D eigenvalue weighted by Crippen LogP contribution is -2.58. The van der Waals surface area contributed by atoms with E-state index in [1.54, 1.807) is 58.2 Å². The summed E-state index contributed by atoms with van der Waals surface area (Å²) < 4.78 is 17.3. The fraction of sp³-hybridized carbons (Fsp3) is 0.571. The highest BCUT2D eigenvalue weighted by Crippen LogP contribution is 2.46. The fourth-order valence-corrected chi connectivity index (χ4v) is 6.95. The average Bonchev–Trinajstić information content (AvgIpc) is 3.58. The second kappa shape index (κ2) is 14.1. The Morgan fingerprint density at radius 3 is 2.57 bits per heavy atom. The number of esters is 1. The minimum Gasteiger partial charge on any atom is -0.488 e. The van der Waals surface area contributed by atoms with E-state index in [1.165, 1.54) is 4.90 Å². The van der Waals surface area contributed by atoms with Crippen molar-refractivity contribution in [3.8, 4) is 5.75 Å². The van der Waals surface area contributed by atoms with Crippen molar-refractivity contribution in [2.75, 3.05) is 13.2 Å². The van der Waals surface area contributed by atoms with Crippen LogP contribution in [0.3, 0.4) is 0 Å². The van der Waals surface area contributed by atoms with Gasteiger partial charge in [-0.2, -0.15) is 0 Å². The number of nitrogens with one attached hydrogen (secondary N) is 2. The van der Waals surface area contributed by atoms with E-state index in [9.17, 15) is 19.2 Å². The van der Waals surface area contributed by atoms with Gasteiger partial charge in [0.1, 0.15) is 35.1 Å². The van der Waals surface area contributed by atoms with E-state index in [1.807, 2.05) is 6.07 Å². The topological polar surface area (TPSA) is 136 Å². The number of hydrogen-bond donors (Lipinski definition) is 2. The Morgan fingerprint density at radius 1 is 1.17 bits per heavy atom. The maximum atomic E-state index is 14.5. The van der Waals surface area contributed by atoms with Crippen molar-refractivity contribution in [3.05, 3.63) is 48.1 Å². The van der Waals surface area contributed by atoms with Gasteiger partial charge in [0.25, 0.3) is 0 Å². The number of hydrogen-bond acceptors (Lipinski definition) is 8. The second-order valence-electron chi connectivity index (χ2n) is 13.7. The van der Waals surface area contributed by atoms with Crippen LogP contribution in [-0.2, 0) is 23.9 Å². The Labute approximate surface area is 280 Å². The number of halogens is 1. The molecule has 2 heterocycles. The van der Waals surface area contributed by atoms with Crippen molar-refractivity contribution in [3.63, 3.8) is 0 Å². The molecule has 0 radical (unpaired) electrons. The van der Waals surface area contributed by atoms with Gasteiger partial charge in [-0.3, -0.25) is 14.6 Å². The molecule has 3 aliphatic rings. The van der Waals surface area contributed by atoms with E-state index in [0.717, 1.165) is 37.5 Å². The van der Waals surface area contributed by atoms with Gasteiger partial charge in [0.15, 0.2) is 0 Å². The zero-order chi connectivity index (χ0) is 33.9. The molecule has 5 rings (SSSR count). The van der Waals surface area contributed by atoms with E-state index in [4.69, 9.17) is 25.8 Å². The molecule has 3 amide bonds. The van der Waals surface area contributed by atoms with Gasteiger partial charge in [-0.05, 0) is 77.1 Å². The summed E-state index contributed by atoms with van der Waals surface area (Å²) in [5, 5.41) is 7.05. The molecule has 1 saturated heterocycles. The zero-order valence-electron chi connectivity index (χ0n) is 27.6. The predicted molar refractivity (Wildman–Crippen MR) is 177 cm³/mol. The maximum Gasteiger partial charge on any atom is 0.408 e. The summed E-state index contributed by atoms with van der Waals surface area (Å²) in [6.45, 7) is 11.1. The molecule has 2 aromatic rings. The first-order valence-corrected chi connectivity index (χ1v) is 16.9. The number of fused-ring (bicyclic) bond motifs is 1. The fourth-order valence-electron chi connectivity index (χ4n) is 6.78. The molecule has 2 aliphatic carbocycles. The molecule has 47 heavy (non-hydrogen) atoms. The molecule has 0 spiro atoms. The number of carbonyl (C=O) groups is 4. The van der Waals surface area contributed by atoms with Crippen LogP contribution in [0.15, 0.2) is 43.1 Å². The smallest absolute Gasteiger partial charge is 0.408 e. The van der Waals surface area contributed by atoms with Crippen LogP contribution in [0.25, 0.3) is 10.9 Å². The number of pyridine rings is 1. The third kappa shape index (κ3) is 7.83. The SMILES string of the molecule is C=CC1CC1(NC(=O)C1CC(Oc2ccnc3cc(Cl)ccc23)CN1C(=O)C(NC(=O)OC(C)(C)C)C1CCCCC1)C(=O)OCC. The van der Waals surface area contributed by atoms with Gasteiger partial charge < -0.3 is 29.7 Å². The average molecular weight is 669 g/mol. The largest absolute Gasteiger partial charge is 0.488 e. The van der Waals surface area contributed by atoms with E-state index >= 15 is 0 Å². The number of benzene rings is 1. The summed E-state index contributed by atoms with van der Waals surface area (Å²) in [7, 11) is 0. The van der Waals surface area contributed by atoms with Crippen LogP contribution in [0.2, 0.25) is 5.02 Å². The van der Waals surface area contributed by atoms with Gasteiger partial charge in [-0.1, -0.05) is 36.9 Å². The Morgan fingerprint density at radius 2 is 1.91 bits per heavy atom. The molecule has 2 saturated carbocycles. The molecule has 254 valence electrons. The van der Waals surface area contributed by atoms with Crippen LogP contribution < -0.4 is 15.4 Å². The van der Waals surface area contributed by atoms with Gasteiger partial charge in [0, 0.05) is 28.9 Å². The van der Waals surface area contributed by atoms with Crippen molar-refractivity contribution >= 4 is 46.4 Å². The molecular formula is C35H45ClN4O7. The van der Waals surface area contributed by atoms with Crippen LogP contribution in [0.4, 0.5) is 4.79 Å². The summed E-state index contributed by atoms with van der Waals surface area (Å²) in [5.41, 5.74) is -1.35. The second-order valence-corrected chi connectivity index (χ2v) is 14.1. The van der Waals surface area contributed by atoms with Gasteiger partial charge in [0.05, 0.1) is 18.7 Å². The Balaban J connectivity index is 1.45. The molecule has 5 atom stereocenters. The van der Waals surface area contributed by atoms with Gasteiger partial charge in [-0.15, -0.1) is 6.58 Å². The maximum absolute atomic E-state index is 14.5. The first-order chi connectivity index (χ1) is 22.3. The Hall–Kier alpha value is -3.86. The Bertz CT molecular complexity index is 1520. The molecule has 3 fully saturated rings. The third-order valence-corrected chi connectivity index (χ3v) is 9.39. The summed E-state index contributed by atoms with van der Waals surface area (Å²) in [4.78, 5) is 60.5. The number of nitrogens with zero attached hydrogens (tertiary/aromatic N) is 2. The van der Waals surface area contributed by atoms with Crippen molar-refractivity contribution in [2.24, 2.45) is 11.8 Å². The lowest BCUT2D eigenvalue weighted by atomic mass is 9.83. The van der Waals surface area contributed by atoms with Gasteiger partial charge in [-0.25, -0.2) is 9.59 Å². The zero-order valence-corrected chi connectivity index (χ0v) is 28.3. The molecular weight excluding hydrogens is 624 g/mol. The minimum atomic E-state index is -1.24. The molecule has 5 unspecified atom stereocenters. The van der Waals surface area contributed by atoms with Crippen molar-refractivity contribution < 1.29 is 33.4 Å². The molecule has 12 heteroatoms. The summed E-state index contributed by atoms with van der Waals surface area (Å²) >= 11 is 6.19. The highest BCUT2D eigenvalue weighted by atomic mass is 35.5. The highest BCUT2D eigenvalue weighted by Gasteiger charge is 2.62. The molecule has 1 aromatic heterocycles. The predicted octanol–water partition coefficient (Wildman–Crippen LogP) is 5.33. The number of aromatic nitrogens is 1. The Kier molecular flexibility index (Phi) is 10.3. The molecule has 1 aromatic carbocycles. The number of ether oxygens (including phenoxy) is 3. The van der Waals surface area contributed by atoms with Crippen molar-refractivity contribution in [2.45, 2.75) is 102 Å². The van der Waals surface area contributed by atoms with Crippen LogP contribution >= 0.6 is 11.6 Å². The van der Waals surface area contributed by atoms with E-state index < -0.39 is 47.3 Å². The van der Waals surface area contributed by atoms with Crippen molar-refractivity contribution in [1.82, 2.24) is 20.5 Å². The standard InChI is InChI=1S/C35H45ClN4O7/c1-6-22-19-35(22,32(43)45-7-2)39-30(41)27-18-24(46-28-15-16-37-26-17-23(36)13-14-25(26)28)20-40(27)31(42)29(21-11-9-8-10-12-21)38-33(44)47-34(3,4)5/h6,13-17,21-22,24,27,29H,1,7-12,18-20H2,2-5H3,(H,38,44)(H,39,41). The number of carbonyl (C=O) groups excluding carboxylic acids is 4. The summed E-state index contributed by atoms with van der Waals surface area (Å²) in [6.07, 6.45) is 6.95. The lowest BCUT2D eigenvalue weighted by Gasteiger charge is -2.35.